The number of hydrogen-bond donors (Lipinski definition) is 0. The van der Waals surface area contributed by atoms with Crippen molar-refractivity contribution in [1.82, 2.24) is 0 Å². The Hall–Kier alpha value is -0.870. The van der Waals surface area contributed by atoms with E-state index in [1.165, 1.54) is 0 Å². The molecule has 3 heterocycles. The lowest BCUT2D eigenvalue weighted by molar-refractivity contribution is -0.140. The van der Waals surface area contributed by atoms with Crippen LogP contribution in [-0.2, 0) is 19.0 Å². The Balaban J connectivity index is 1.66. The molecular weight excluding hydrogens is 244 g/mol. The molecular formula is C15H20O4. The van der Waals surface area contributed by atoms with E-state index in [0.717, 1.165) is 36.8 Å². The van der Waals surface area contributed by atoms with E-state index in [1.54, 1.807) is 0 Å². The van der Waals surface area contributed by atoms with E-state index in [0.29, 0.717) is 6.10 Å². The predicted octanol–water partition coefficient (Wildman–Crippen LogP) is 2.12. The monoisotopic (exact) mass is 264 g/mol. The van der Waals surface area contributed by atoms with Crippen molar-refractivity contribution < 1.29 is 19.0 Å². The fourth-order valence-corrected chi connectivity index (χ4v) is 3.70. The van der Waals surface area contributed by atoms with E-state index in [4.69, 9.17) is 14.2 Å². The highest BCUT2D eigenvalue weighted by atomic mass is 16.6. The van der Waals surface area contributed by atoms with Crippen molar-refractivity contribution >= 4 is 5.97 Å². The van der Waals surface area contributed by atoms with Gasteiger partial charge in [-0.1, -0.05) is 0 Å². The maximum Gasteiger partial charge on any atom is 0.334 e. The highest BCUT2D eigenvalue weighted by Gasteiger charge is 2.60. The standard InChI is InChI=1S/C15H20O4/c1-8-9-6-12-14(2,19-12)5-4-11-15(3,18-11)7-10(9)17-13(8)16/h10-12H,4-7H2,1-3H3/t10-,11-,12+,14+,15-/m0/s1. The fraction of sp³-hybridized carbons (Fsp3) is 0.800. The molecule has 104 valence electrons. The van der Waals surface area contributed by atoms with Crippen LogP contribution in [0.5, 0.6) is 0 Å². The number of esters is 1. The largest absolute Gasteiger partial charge is 0.454 e. The first-order chi connectivity index (χ1) is 8.91. The molecule has 4 aliphatic rings. The third-order valence-corrected chi connectivity index (χ3v) is 5.40. The molecule has 0 aromatic heterocycles. The van der Waals surface area contributed by atoms with Crippen LogP contribution in [0.2, 0.25) is 0 Å². The van der Waals surface area contributed by atoms with Gasteiger partial charge in [0.15, 0.2) is 0 Å². The zero-order valence-electron chi connectivity index (χ0n) is 11.7. The van der Waals surface area contributed by atoms with Crippen LogP contribution in [-0.4, -0.2) is 35.5 Å². The van der Waals surface area contributed by atoms with Crippen LogP contribution in [0.15, 0.2) is 11.1 Å². The number of carbonyl (C=O) groups excluding carboxylic acids is 1. The van der Waals surface area contributed by atoms with E-state index in [2.05, 4.69) is 13.8 Å². The van der Waals surface area contributed by atoms with Gasteiger partial charge in [-0.25, -0.2) is 4.79 Å². The summed E-state index contributed by atoms with van der Waals surface area (Å²) in [5.41, 5.74) is 1.78. The molecule has 3 fully saturated rings. The SMILES string of the molecule is CC1=C2C[C@H]3O[C@]3(C)CC[C@@H]3O[C@@]3(C)C[C@@H]2OC1=O. The van der Waals surface area contributed by atoms with E-state index >= 15 is 0 Å². The van der Waals surface area contributed by atoms with Crippen LogP contribution < -0.4 is 0 Å². The second-order valence-electron chi connectivity index (χ2n) is 6.83. The van der Waals surface area contributed by atoms with Gasteiger partial charge in [0.05, 0.1) is 23.4 Å². The molecule has 0 radical (unpaired) electrons. The quantitative estimate of drug-likeness (QED) is 0.497. The van der Waals surface area contributed by atoms with Crippen LogP contribution in [0, 0.1) is 0 Å². The third-order valence-electron chi connectivity index (χ3n) is 5.40. The van der Waals surface area contributed by atoms with Crippen LogP contribution in [0.1, 0.15) is 46.5 Å². The Morgan fingerprint density at radius 2 is 1.89 bits per heavy atom. The number of fused-ring (bicyclic) bond motifs is 3. The molecule has 3 aliphatic heterocycles. The van der Waals surface area contributed by atoms with E-state index in [1.807, 2.05) is 6.92 Å². The van der Waals surface area contributed by atoms with Gasteiger partial charge in [0.25, 0.3) is 0 Å². The Labute approximate surface area is 113 Å². The minimum atomic E-state index is -0.164. The van der Waals surface area contributed by atoms with Crippen molar-refractivity contribution in [1.29, 1.82) is 0 Å². The summed E-state index contributed by atoms with van der Waals surface area (Å²) in [6.45, 7) is 6.17. The van der Waals surface area contributed by atoms with Crippen molar-refractivity contribution in [2.75, 3.05) is 0 Å². The first kappa shape index (κ1) is 11.9. The maximum atomic E-state index is 11.8. The molecule has 1 saturated carbocycles. The van der Waals surface area contributed by atoms with Crippen molar-refractivity contribution in [2.24, 2.45) is 0 Å². The maximum absolute atomic E-state index is 11.8. The summed E-state index contributed by atoms with van der Waals surface area (Å²) in [7, 11) is 0. The smallest absolute Gasteiger partial charge is 0.334 e. The molecule has 0 spiro atoms. The highest BCUT2D eigenvalue weighted by molar-refractivity contribution is 5.91. The second-order valence-corrected chi connectivity index (χ2v) is 6.83. The number of ether oxygens (including phenoxy) is 3. The van der Waals surface area contributed by atoms with Gasteiger partial charge in [-0.15, -0.1) is 0 Å². The number of carbonyl (C=O) groups is 1. The zero-order valence-corrected chi connectivity index (χ0v) is 11.7. The van der Waals surface area contributed by atoms with Crippen molar-refractivity contribution in [2.45, 2.75) is 76.0 Å². The summed E-state index contributed by atoms with van der Waals surface area (Å²) in [6.07, 6.45) is 4.16. The topological polar surface area (TPSA) is 51.4 Å². The Morgan fingerprint density at radius 1 is 1.16 bits per heavy atom. The molecule has 0 aromatic carbocycles. The van der Waals surface area contributed by atoms with Gasteiger partial charge in [-0.2, -0.15) is 0 Å². The van der Waals surface area contributed by atoms with Gasteiger partial charge < -0.3 is 14.2 Å². The van der Waals surface area contributed by atoms with Crippen LogP contribution in [0.25, 0.3) is 0 Å². The van der Waals surface area contributed by atoms with Crippen molar-refractivity contribution in [3.63, 3.8) is 0 Å². The molecule has 0 N–H and O–H groups in total. The minimum Gasteiger partial charge on any atom is -0.454 e. The normalized spacial score (nSPS) is 51.9. The van der Waals surface area contributed by atoms with E-state index in [9.17, 15) is 4.79 Å². The van der Waals surface area contributed by atoms with Crippen LogP contribution in [0.4, 0.5) is 0 Å². The summed E-state index contributed by atoms with van der Waals surface area (Å²) in [6, 6.07) is 0. The summed E-state index contributed by atoms with van der Waals surface area (Å²) >= 11 is 0. The Kier molecular flexibility index (Phi) is 2.14. The molecule has 4 rings (SSSR count). The summed E-state index contributed by atoms with van der Waals surface area (Å²) in [5, 5.41) is 0. The summed E-state index contributed by atoms with van der Waals surface area (Å²) in [5.74, 6) is -0.164. The lowest BCUT2D eigenvalue weighted by Gasteiger charge is -2.18. The molecule has 1 aliphatic carbocycles. The zero-order chi connectivity index (χ0) is 13.4. The van der Waals surface area contributed by atoms with Gasteiger partial charge in [0, 0.05) is 18.4 Å². The summed E-state index contributed by atoms with van der Waals surface area (Å²) in [4.78, 5) is 11.8. The van der Waals surface area contributed by atoms with Gasteiger partial charge >= 0.3 is 5.97 Å². The van der Waals surface area contributed by atoms with Gasteiger partial charge in [-0.05, 0) is 39.2 Å². The molecule has 5 atom stereocenters. The lowest BCUT2D eigenvalue weighted by Crippen LogP contribution is -2.25. The van der Waals surface area contributed by atoms with Gasteiger partial charge in [0.1, 0.15) is 6.10 Å². The highest BCUT2D eigenvalue weighted by Crippen LogP contribution is 2.53. The minimum absolute atomic E-state index is 0.0202. The first-order valence-electron chi connectivity index (χ1n) is 7.18. The van der Waals surface area contributed by atoms with Crippen molar-refractivity contribution in [3.05, 3.63) is 11.1 Å². The molecule has 2 saturated heterocycles. The molecule has 0 unspecified atom stereocenters. The molecule has 0 aromatic rings. The number of hydrogen-bond acceptors (Lipinski definition) is 4. The molecule has 0 amide bonds. The molecule has 4 nitrogen and oxygen atoms in total. The first-order valence-corrected chi connectivity index (χ1v) is 7.18. The van der Waals surface area contributed by atoms with Gasteiger partial charge in [0.2, 0.25) is 0 Å². The molecule has 19 heavy (non-hydrogen) atoms. The Morgan fingerprint density at radius 3 is 2.68 bits per heavy atom. The predicted molar refractivity (Wildman–Crippen MR) is 67.6 cm³/mol. The van der Waals surface area contributed by atoms with E-state index in [-0.39, 0.29) is 29.4 Å². The van der Waals surface area contributed by atoms with Crippen molar-refractivity contribution in [3.8, 4) is 0 Å². The van der Waals surface area contributed by atoms with E-state index < -0.39 is 0 Å². The summed E-state index contributed by atoms with van der Waals surface area (Å²) < 4.78 is 17.3. The van der Waals surface area contributed by atoms with Crippen LogP contribution >= 0.6 is 0 Å². The molecule has 4 heteroatoms. The average molecular weight is 264 g/mol. The fourth-order valence-electron chi connectivity index (χ4n) is 3.70. The average Bonchev–Trinajstić information content (AvgIpc) is 3.15. The van der Waals surface area contributed by atoms with Crippen LogP contribution in [0.3, 0.4) is 0 Å². The Bertz CT molecular complexity index is 496. The molecule has 0 bridgehead atoms. The number of epoxide rings is 2. The third kappa shape index (κ3) is 1.69. The second kappa shape index (κ2) is 3.41. The van der Waals surface area contributed by atoms with Gasteiger partial charge in [-0.3, -0.25) is 0 Å². The number of rotatable bonds is 0. The lowest BCUT2D eigenvalue weighted by atomic mass is 9.85.